The summed E-state index contributed by atoms with van der Waals surface area (Å²) in [6.07, 6.45) is 1.59. The summed E-state index contributed by atoms with van der Waals surface area (Å²) in [4.78, 5) is 16.5. The third kappa shape index (κ3) is 4.80. The van der Waals surface area contributed by atoms with Gasteiger partial charge in [-0.3, -0.25) is 0 Å². The van der Waals surface area contributed by atoms with Gasteiger partial charge in [-0.25, -0.2) is 14.2 Å². The van der Waals surface area contributed by atoms with E-state index >= 15 is 0 Å². The van der Waals surface area contributed by atoms with Gasteiger partial charge >= 0.3 is 5.97 Å². The number of esters is 1. The number of cyclic esters (lactones) is 1. The number of nitrogens with zero attached hydrogens (tertiary/aromatic N) is 1. The normalized spacial score (nSPS) is 14.4. The van der Waals surface area contributed by atoms with Gasteiger partial charge in [-0.2, -0.15) is 0 Å². The van der Waals surface area contributed by atoms with Crippen LogP contribution in [0.3, 0.4) is 0 Å². The minimum absolute atomic E-state index is 0.0695. The predicted octanol–water partition coefficient (Wildman–Crippen LogP) is 5.07. The Morgan fingerprint density at radius 1 is 1.03 bits per heavy atom. The molecule has 0 aromatic heterocycles. The van der Waals surface area contributed by atoms with Crippen LogP contribution >= 0.6 is 0 Å². The van der Waals surface area contributed by atoms with Crippen molar-refractivity contribution in [2.24, 2.45) is 4.99 Å². The SMILES string of the molecule is COc1ccc(/C=C2\N=C(c3cccc(F)c3)OC2=O)cc1OCc1ccc(C)cc1. The van der Waals surface area contributed by atoms with E-state index in [1.165, 1.54) is 23.8 Å². The molecule has 31 heavy (non-hydrogen) atoms. The Kier molecular flexibility index (Phi) is 5.80. The van der Waals surface area contributed by atoms with Crippen LogP contribution in [0.4, 0.5) is 4.39 Å². The molecule has 1 aliphatic heterocycles. The van der Waals surface area contributed by atoms with E-state index in [1.807, 2.05) is 31.2 Å². The summed E-state index contributed by atoms with van der Waals surface area (Å²) in [5.41, 5.74) is 3.41. The number of benzene rings is 3. The molecule has 156 valence electrons. The summed E-state index contributed by atoms with van der Waals surface area (Å²) >= 11 is 0. The molecule has 0 fully saturated rings. The van der Waals surface area contributed by atoms with Crippen LogP contribution in [0.2, 0.25) is 0 Å². The van der Waals surface area contributed by atoms with Crippen molar-refractivity contribution in [3.8, 4) is 11.5 Å². The van der Waals surface area contributed by atoms with Crippen LogP contribution in [0.25, 0.3) is 6.08 Å². The van der Waals surface area contributed by atoms with Gasteiger partial charge in [0.25, 0.3) is 0 Å². The average Bonchev–Trinajstić information content (AvgIpc) is 3.14. The first-order valence-corrected chi connectivity index (χ1v) is 9.67. The van der Waals surface area contributed by atoms with Crippen molar-refractivity contribution in [1.82, 2.24) is 0 Å². The van der Waals surface area contributed by atoms with Crippen molar-refractivity contribution >= 4 is 17.9 Å². The highest BCUT2D eigenvalue weighted by Crippen LogP contribution is 2.30. The first-order valence-electron chi connectivity index (χ1n) is 9.67. The molecule has 5 nitrogen and oxygen atoms in total. The van der Waals surface area contributed by atoms with Crippen LogP contribution < -0.4 is 9.47 Å². The topological polar surface area (TPSA) is 57.1 Å². The summed E-state index contributed by atoms with van der Waals surface area (Å²) in [7, 11) is 1.57. The van der Waals surface area contributed by atoms with Gasteiger partial charge in [-0.05, 0) is 54.5 Å². The van der Waals surface area contributed by atoms with Crippen molar-refractivity contribution in [3.05, 3.63) is 100 Å². The molecule has 0 unspecified atom stereocenters. The molecule has 0 radical (unpaired) electrons. The maximum Gasteiger partial charge on any atom is 0.363 e. The van der Waals surface area contributed by atoms with Crippen molar-refractivity contribution in [2.45, 2.75) is 13.5 Å². The molecule has 0 saturated carbocycles. The molecule has 0 aliphatic carbocycles. The van der Waals surface area contributed by atoms with E-state index < -0.39 is 11.8 Å². The number of rotatable bonds is 6. The second kappa shape index (κ2) is 8.83. The Hall–Kier alpha value is -3.93. The maximum absolute atomic E-state index is 13.5. The molecule has 0 saturated heterocycles. The van der Waals surface area contributed by atoms with Crippen molar-refractivity contribution < 1.29 is 23.4 Å². The summed E-state index contributed by atoms with van der Waals surface area (Å²) in [5, 5.41) is 0. The van der Waals surface area contributed by atoms with Crippen molar-refractivity contribution in [3.63, 3.8) is 0 Å². The van der Waals surface area contributed by atoms with Gasteiger partial charge < -0.3 is 14.2 Å². The Morgan fingerprint density at radius 2 is 1.84 bits per heavy atom. The Labute approximate surface area is 179 Å². The number of carbonyl (C=O) groups is 1. The fraction of sp³-hybridized carbons (Fsp3) is 0.120. The average molecular weight is 417 g/mol. The van der Waals surface area contributed by atoms with Crippen LogP contribution in [0, 0.1) is 12.7 Å². The quantitative estimate of drug-likeness (QED) is 0.415. The van der Waals surface area contributed by atoms with Gasteiger partial charge in [0.1, 0.15) is 12.4 Å². The number of aliphatic imine (C=N–C) groups is 1. The first kappa shape index (κ1) is 20.3. The number of hydrogen-bond donors (Lipinski definition) is 0. The van der Waals surface area contributed by atoms with Gasteiger partial charge in [0, 0.05) is 5.56 Å². The number of hydrogen-bond acceptors (Lipinski definition) is 5. The highest BCUT2D eigenvalue weighted by Gasteiger charge is 2.24. The molecule has 0 atom stereocenters. The minimum atomic E-state index is -0.600. The van der Waals surface area contributed by atoms with Gasteiger partial charge in [-0.1, -0.05) is 42.0 Å². The third-order valence-corrected chi connectivity index (χ3v) is 4.70. The lowest BCUT2D eigenvalue weighted by molar-refractivity contribution is -0.129. The fourth-order valence-electron chi connectivity index (χ4n) is 3.05. The molecule has 1 heterocycles. The standard InChI is InChI=1S/C25H20FNO4/c1-16-6-8-17(9-7-16)15-30-23-13-18(10-11-22(23)29-2)12-21-25(28)31-24(27-21)19-4-3-5-20(26)14-19/h3-14H,15H2,1-2H3/b21-12-. The van der Waals surface area contributed by atoms with Crippen LogP contribution in [0.15, 0.2) is 77.4 Å². The maximum atomic E-state index is 13.5. The number of halogens is 1. The largest absolute Gasteiger partial charge is 0.493 e. The monoisotopic (exact) mass is 417 g/mol. The highest BCUT2D eigenvalue weighted by molar-refractivity contribution is 6.12. The van der Waals surface area contributed by atoms with Gasteiger partial charge in [0.15, 0.2) is 17.2 Å². The van der Waals surface area contributed by atoms with E-state index in [0.29, 0.717) is 29.2 Å². The van der Waals surface area contributed by atoms with Gasteiger partial charge in [0.05, 0.1) is 7.11 Å². The number of ether oxygens (including phenoxy) is 3. The van der Waals surface area contributed by atoms with Crippen molar-refractivity contribution in [2.75, 3.05) is 7.11 Å². The first-order chi connectivity index (χ1) is 15.0. The Bertz CT molecular complexity index is 1180. The lowest BCUT2D eigenvalue weighted by Crippen LogP contribution is -2.05. The van der Waals surface area contributed by atoms with E-state index in [0.717, 1.165) is 5.56 Å². The number of methoxy groups -OCH3 is 1. The molecule has 1 aliphatic rings. The third-order valence-electron chi connectivity index (χ3n) is 4.70. The summed E-state index contributed by atoms with van der Waals surface area (Å²) in [6, 6.07) is 19.1. The fourth-order valence-corrected chi connectivity index (χ4v) is 3.05. The Balaban J connectivity index is 1.57. The second-order valence-electron chi connectivity index (χ2n) is 7.03. The highest BCUT2D eigenvalue weighted by atomic mass is 19.1. The zero-order valence-electron chi connectivity index (χ0n) is 17.1. The predicted molar refractivity (Wildman–Crippen MR) is 116 cm³/mol. The zero-order valence-corrected chi connectivity index (χ0v) is 17.1. The van der Waals surface area contributed by atoms with Crippen molar-refractivity contribution in [1.29, 1.82) is 0 Å². The van der Waals surface area contributed by atoms with Gasteiger partial charge in [-0.15, -0.1) is 0 Å². The van der Waals surface area contributed by atoms with Gasteiger partial charge in [0.2, 0.25) is 5.90 Å². The molecule has 0 bridgehead atoms. The lowest BCUT2D eigenvalue weighted by atomic mass is 10.1. The van der Waals surface area contributed by atoms with E-state index in [-0.39, 0.29) is 11.6 Å². The molecule has 6 heteroatoms. The number of aryl methyl sites for hydroxylation is 1. The zero-order chi connectivity index (χ0) is 21.8. The lowest BCUT2D eigenvalue weighted by Gasteiger charge is -2.12. The minimum Gasteiger partial charge on any atom is -0.493 e. The smallest absolute Gasteiger partial charge is 0.363 e. The number of carbonyl (C=O) groups excluding carboxylic acids is 1. The van der Waals surface area contributed by atoms with Crippen LogP contribution in [0.5, 0.6) is 11.5 Å². The molecular formula is C25H20FNO4. The van der Waals surface area contributed by atoms with Crippen LogP contribution in [-0.2, 0) is 16.1 Å². The second-order valence-corrected chi connectivity index (χ2v) is 7.03. The molecule has 0 N–H and O–H groups in total. The molecule has 3 aromatic rings. The van der Waals surface area contributed by atoms with Crippen LogP contribution in [-0.4, -0.2) is 19.0 Å². The molecule has 0 spiro atoms. The molecule has 4 rings (SSSR count). The summed E-state index contributed by atoms with van der Waals surface area (Å²) in [6.45, 7) is 2.40. The summed E-state index contributed by atoms with van der Waals surface area (Å²) in [5.74, 6) is 0.154. The molecular weight excluding hydrogens is 397 g/mol. The van der Waals surface area contributed by atoms with E-state index in [2.05, 4.69) is 4.99 Å². The van der Waals surface area contributed by atoms with Crippen LogP contribution in [0.1, 0.15) is 22.3 Å². The van der Waals surface area contributed by atoms with E-state index in [4.69, 9.17) is 14.2 Å². The summed E-state index contributed by atoms with van der Waals surface area (Å²) < 4.78 is 30.0. The molecule has 0 amide bonds. The Morgan fingerprint density at radius 3 is 2.58 bits per heavy atom. The van der Waals surface area contributed by atoms with E-state index in [9.17, 15) is 9.18 Å². The molecule has 3 aromatic carbocycles. The van der Waals surface area contributed by atoms with E-state index in [1.54, 1.807) is 37.5 Å².